The second kappa shape index (κ2) is 7.75. The highest BCUT2D eigenvalue weighted by Gasteiger charge is 2.02. The Balaban J connectivity index is 1.80. The van der Waals surface area contributed by atoms with Crippen LogP contribution in [0.15, 0.2) is 52.0 Å². The Bertz CT molecular complexity index is 682. The lowest BCUT2D eigenvalue weighted by molar-refractivity contribution is -0.123. The van der Waals surface area contributed by atoms with Gasteiger partial charge in [0.15, 0.2) is 6.61 Å². The molecule has 0 heterocycles. The van der Waals surface area contributed by atoms with E-state index >= 15 is 0 Å². The van der Waals surface area contributed by atoms with E-state index < -0.39 is 0 Å². The molecular weight excluding hydrogens is 344 g/mol. The number of hydrazone groups is 1. The third kappa shape index (κ3) is 5.00. The van der Waals surface area contributed by atoms with Crippen LogP contribution in [0, 0.1) is 13.8 Å². The van der Waals surface area contributed by atoms with Gasteiger partial charge in [0.1, 0.15) is 5.75 Å². The molecule has 2 aromatic rings. The summed E-state index contributed by atoms with van der Waals surface area (Å²) in [5, 5.41) is 3.90. The smallest absolute Gasteiger partial charge is 0.277 e. The molecular formula is C17H17BrN2O2. The molecule has 1 N–H and O–H groups in total. The van der Waals surface area contributed by atoms with E-state index in [9.17, 15) is 4.79 Å². The fraction of sp³-hybridized carbons (Fsp3) is 0.176. The number of hydrogen-bond donors (Lipinski definition) is 1. The minimum Gasteiger partial charge on any atom is -0.484 e. The zero-order valence-corrected chi connectivity index (χ0v) is 14.1. The molecule has 0 fully saturated rings. The van der Waals surface area contributed by atoms with Gasteiger partial charge in [0, 0.05) is 4.47 Å². The number of halogens is 1. The van der Waals surface area contributed by atoms with E-state index in [1.807, 2.05) is 56.3 Å². The summed E-state index contributed by atoms with van der Waals surface area (Å²) in [4.78, 5) is 11.7. The number of amides is 1. The average molecular weight is 361 g/mol. The molecule has 2 aromatic carbocycles. The molecule has 0 spiro atoms. The van der Waals surface area contributed by atoms with Crippen molar-refractivity contribution in [2.75, 3.05) is 6.61 Å². The van der Waals surface area contributed by atoms with Crippen LogP contribution in [-0.4, -0.2) is 18.7 Å². The van der Waals surface area contributed by atoms with Crippen LogP contribution < -0.4 is 10.2 Å². The second-order valence-corrected chi connectivity index (χ2v) is 5.80. The topological polar surface area (TPSA) is 50.7 Å². The molecule has 0 atom stereocenters. The van der Waals surface area contributed by atoms with Crippen molar-refractivity contribution in [3.8, 4) is 5.75 Å². The molecule has 0 bridgehead atoms. The molecule has 114 valence electrons. The van der Waals surface area contributed by atoms with Crippen molar-refractivity contribution in [3.63, 3.8) is 0 Å². The molecule has 0 saturated carbocycles. The lowest BCUT2D eigenvalue weighted by Crippen LogP contribution is -2.24. The third-order valence-corrected chi connectivity index (χ3v) is 3.65. The fourth-order valence-electron chi connectivity index (χ4n) is 1.71. The van der Waals surface area contributed by atoms with Crippen LogP contribution in [0.2, 0.25) is 0 Å². The van der Waals surface area contributed by atoms with Gasteiger partial charge in [-0.15, -0.1) is 0 Å². The van der Waals surface area contributed by atoms with Crippen molar-refractivity contribution in [3.05, 3.63) is 63.6 Å². The van der Waals surface area contributed by atoms with Crippen LogP contribution in [-0.2, 0) is 4.79 Å². The molecule has 0 aromatic heterocycles. The summed E-state index contributed by atoms with van der Waals surface area (Å²) in [6.45, 7) is 3.97. The number of carbonyl (C=O) groups excluding carboxylic acids is 1. The monoisotopic (exact) mass is 360 g/mol. The summed E-state index contributed by atoms with van der Waals surface area (Å²) < 4.78 is 6.43. The maximum atomic E-state index is 11.7. The summed E-state index contributed by atoms with van der Waals surface area (Å²) in [7, 11) is 0. The number of aryl methyl sites for hydroxylation is 2. The Labute approximate surface area is 138 Å². The Morgan fingerprint density at radius 1 is 1.18 bits per heavy atom. The number of nitrogens with zero attached hydrogens (tertiary/aromatic N) is 1. The largest absolute Gasteiger partial charge is 0.484 e. The molecule has 0 aliphatic carbocycles. The summed E-state index contributed by atoms with van der Waals surface area (Å²) in [6, 6.07) is 13.3. The van der Waals surface area contributed by atoms with Gasteiger partial charge in [-0.3, -0.25) is 4.79 Å². The van der Waals surface area contributed by atoms with E-state index in [1.165, 1.54) is 5.56 Å². The number of ether oxygens (including phenoxy) is 1. The van der Waals surface area contributed by atoms with Crippen LogP contribution in [0.1, 0.15) is 16.7 Å². The Morgan fingerprint density at radius 3 is 2.59 bits per heavy atom. The molecule has 0 radical (unpaired) electrons. The molecule has 4 nitrogen and oxygen atoms in total. The average Bonchev–Trinajstić information content (AvgIpc) is 2.50. The standard InChI is InChI=1S/C17H17BrN2O2/c1-12-3-8-16(9-13(12)2)22-11-17(21)20-19-10-14-4-6-15(18)7-5-14/h3-10H,11H2,1-2H3,(H,20,21)/b19-10-. The quantitative estimate of drug-likeness (QED) is 0.654. The van der Waals surface area contributed by atoms with Gasteiger partial charge in [-0.1, -0.05) is 34.1 Å². The molecule has 2 rings (SSSR count). The van der Waals surface area contributed by atoms with Crippen LogP contribution in [0.4, 0.5) is 0 Å². The highest BCUT2D eigenvalue weighted by atomic mass is 79.9. The van der Waals surface area contributed by atoms with Crippen molar-refractivity contribution < 1.29 is 9.53 Å². The van der Waals surface area contributed by atoms with Gasteiger partial charge in [-0.05, 0) is 54.8 Å². The summed E-state index contributed by atoms with van der Waals surface area (Å²) >= 11 is 3.36. The first-order chi connectivity index (χ1) is 10.5. The molecule has 22 heavy (non-hydrogen) atoms. The van der Waals surface area contributed by atoms with Crippen molar-refractivity contribution in [1.29, 1.82) is 0 Å². The highest BCUT2D eigenvalue weighted by molar-refractivity contribution is 9.10. The predicted molar refractivity (Wildman–Crippen MR) is 91.3 cm³/mol. The minimum atomic E-state index is -0.299. The molecule has 0 aliphatic heterocycles. The first-order valence-corrected chi connectivity index (χ1v) is 7.61. The Kier molecular flexibility index (Phi) is 5.72. The second-order valence-electron chi connectivity index (χ2n) is 4.88. The van der Waals surface area contributed by atoms with E-state index in [-0.39, 0.29) is 12.5 Å². The van der Waals surface area contributed by atoms with E-state index in [2.05, 4.69) is 26.5 Å². The van der Waals surface area contributed by atoms with Gasteiger partial charge in [-0.25, -0.2) is 5.43 Å². The van der Waals surface area contributed by atoms with Gasteiger partial charge >= 0.3 is 0 Å². The van der Waals surface area contributed by atoms with Gasteiger partial charge < -0.3 is 4.74 Å². The molecule has 0 saturated heterocycles. The summed E-state index contributed by atoms with van der Waals surface area (Å²) in [6.07, 6.45) is 1.58. The van der Waals surface area contributed by atoms with Crippen molar-refractivity contribution in [1.82, 2.24) is 5.43 Å². The van der Waals surface area contributed by atoms with E-state index in [4.69, 9.17) is 4.74 Å². The SMILES string of the molecule is Cc1ccc(OCC(=O)N/N=C\c2ccc(Br)cc2)cc1C. The van der Waals surface area contributed by atoms with Crippen molar-refractivity contribution in [2.45, 2.75) is 13.8 Å². The Hall–Kier alpha value is -2.14. The van der Waals surface area contributed by atoms with Gasteiger partial charge in [-0.2, -0.15) is 5.10 Å². The molecule has 0 unspecified atom stereocenters. The van der Waals surface area contributed by atoms with E-state index in [1.54, 1.807) is 6.21 Å². The third-order valence-electron chi connectivity index (χ3n) is 3.12. The van der Waals surface area contributed by atoms with E-state index in [0.29, 0.717) is 5.75 Å². The number of benzene rings is 2. The van der Waals surface area contributed by atoms with Crippen molar-refractivity contribution in [2.24, 2.45) is 5.10 Å². The van der Waals surface area contributed by atoms with Crippen LogP contribution in [0.3, 0.4) is 0 Å². The minimum absolute atomic E-state index is 0.0693. The first kappa shape index (κ1) is 16.2. The van der Waals surface area contributed by atoms with Crippen LogP contribution >= 0.6 is 15.9 Å². The zero-order chi connectivity index (χ0) is 15.9. The number of rotatable bonds is 5. The van der Waals surface area contributed by atoms with Crippen molar-refractivity contribution >= 4 is 28.1 Å². The Morgan fingerprint density at radius 2 is 1.91 bits per heavy atom. The maximum Gasteiger partial charge on any atom is 0.277 e. The van der Waals surface area contributed by atoms with Crippen LogP contribution in [0.25, 0.3) is 0 Å². The summed E-state index contributed by atoms with van der Waals surface area (Å²) in [5.41, 5.74) is 5.66. The maximum absolute atomic E-state index is 11.7. The summed E-state index contributed by atoms with van der Waals surface area (Å²) in [5.74, 6) is 0.377. The fourth-order valence-corrected chi connectivity index (χ4v) is 1.98. The van der Waals surface area contributed by atoms with Crippen LogP contribution in [0.5, 0.6) is 5.75 Å². The highest BCUT2D eigenvalue weighted by Crippen LogP contribution is 2.16. The van der Waals surface area contributed by atoms with Gasteiger partial charge in [0.25, 0.3) is 5.91 Å². The first-order valence-electron chi connectivity index (χ1n) is 6.82. The zero-order valence-electron chi connectivity index (χ0n) is 12.5. The van der Waals surface area contributed by atoms with E-state index in [0.717, 1.165) is 15.6 Å². The number of hydrogen-bond acceptors (Lipinski definition) is 3. The van der Waals surface area contributed by atoms with Gasteiger partial charge in [0.2, 0.25) is 0 Å². The lowest BCUT2D eigenvalue weighted by Gasteiger charge is -2.07. The normalized spacial score (nSPS) is 10.7. The lowest BCUT2D eigenvalue weighted by atomic mass is 10.1. The molecule has 5 heteroatoms. The number of nitrogens with one attached hydrogen (secondary N) is 1. The van der Waals surface area contributed by atoms with Gasteiger partial charge in [0.05, 0.1) is 6.21 Å². The molecule has 1 amide bonds. The predicted octanol–water partition coefficient (Wildman–Crippen LogP) is 3.60. The number of carbonyl (C=O) groups is 1. The molecule has 0 aliphatic rings.